The van der Waals surface area contributed by atoms with Crippen molar-refractivity contribution in [3.05, 3.63) is 23.3 Å². The molecular formula is C15H24O2. The fourth-order valence-corrected chi connectivity index (χ4v) is 2.14. The highest BCUT2D eigenvalue weighted by Gasteiger charge is 2.16. The molecule has 0 saturated carbocycles. The van der Waals surface area contributed by atoms with E-state index in [1.807, 2.05) is 0 Å². The number of Topliss-reactive ketones (excluding diaryl/α,β-unsaturated/α-hetero) is 1. The molecule has 1 rings (SSSR count). The first-order valence-corrected chi connectivity index (χ1v) is 6.43. The summed E-state index contributed by atoms with van der Waals surface area (Å²) in [6.07, 6.45) is 6.11. The third-order valence-electron chi connectivity index (χ3n) is 3.16. The van der Waals surface area contributed by atoms with E-state index in [9.17, 15) is 4.79 Å². The van der Waals surface area contributed by atoms with Gasteiger partial charge in [0.15, 0.2) is 5.78 Å². The average Bonchev–Trinajstić information content (AvgIpc) is 2.21. The Bertz CT molecular complexity index is 306. The van der Waals surface area contributed by atoms with Crippen molar-refractivity contribution in [2.24, 2.45) is 11.8 Å². The van der Waals surface area contributed by atoms with Crippen molar-refractivity contribution in [1.82, 2.24) is 0 Å². The lowest BCUT2D eigenvalue weighted by Crippen LogP contribution is -2.18. The third-order valence-corrected chi connectivity index (χ3v) is 3.16. The summed E-state index contributed by atoms with van der Waals surface area (Å²) in [5, 5.41) is 0. The van der Waals surface area contributed by atoms with Crippen LogP contribution < -0.4 is 0 Å². The summed E-state index contributed by atoms with van der Waals surface area (Å²) >= 11 is 0. The normalized spacial score (nSPS) is 17.0. The third kappa shape index (κ3) is 4.86. The van der Waals surface area contributed by atoms with E-state index in [2.05, 4.69) is 39.8 Å². The number of hydrogen-bond donors (Lipinski definition) is 0. The number of carbonyl (C=O) groups is 1. The van der Waals surface area contributed by atoms with Crippen LogP contribution in [0.2, 0.25) is 0 Å². The second kappa shape index (κ2) is 6.75. The van der Waals surface area contributed by atoms with Crippen LogP contribution in [-0.4, -0.2) is 19.0 Å². The van der Waals surface area contributed by atoms with Gasteiger partial charge in [0, 0.05) is 12.3 Å². The highest BCUT2D eigenvalue weighted by atomic mass is 16.5. The molecule has 0 bridgehead atoms. The van der Waals surface area contributed by atoms with E-state index in [0.717, 1.165) is 6.42 Å². The molecule has 0 aromatic rings. The Hall–Kier alpha value is -0.890. The fourth-order valence-electron chi connectivity index (χ4n) is 2.14. The summed E-state index contributed by atoms with van der Waals surface area (Å²) in [5.74, 6) is 0.999. The number of ketones is 1. The van der Waals surface area contributed by atoms with Gasteiger partial charge in [0.25, 0.3) is 0 Å². The molecule has 1 aliphatic rings. The zero-order chi connectivity index (χ0) is 12.8. The van der Waals surface area contributed by atoms with Crippen molar-refractivity contribution in [3.8, 4) is 0 Å². The summed E-state index contributed by atoms with van der Waals surface area (Å²) in [6, 6.07) is 0. The maximum absolute atomic E-state index is 11.5. The van der Waals surface area contributed by atoms with E-state index < -0.39 is 0 Å². The van der Waals surface area contributed by atoms with Crippen LogP contribution in [0.5, 0.6) is 0 Å². The van der Waals surface area contributed by atoms with Crippen LogP contribution in [-0.2, 0) is 9.53 Å². The van der Waals surface area contributed by atoms with Gasteiger partial charge in [-0.05, 0) is 26.2 Å². The van der Waals surface area contributed by atoms with Crippen LogP contribution in [0.25, 0.3) is 0 Å². The Balaban J connectivity index is 2.31. The molecule has 17 heavy (non-hydrogen) atoms. The number of hydrogen-bond acceptors (Lipinski definition) is 2. The maximum atomic E-state index is 11.5. The van der Waals surface area contributed by atoms with Crippen LogP contribution in [0.4, 0.5) is 0 Å². The lowest BCUT2D eigenvalue weighted by molar-refractivity contribution is -0.124. The molecule has 0 unspecified atom stereocenters. The number of carbonyl (C=O) groups excluding carboxylic acids is 1. The predicted molar refractivity (Wildman–Crippen MR) is 70.9 cm³/mol. The van der Waals surface area contributed by atoms with Gasteiger partial charge >= 0.3 is 0 Å². The molecule has 0 amide bonds. The standard InChI is InChI=1S/C15H24O2/c1-11(2)8-14(16)9-17-10-15-12(3)6-5-7-13(15)4/h6-7,11,15H,5,8-10H2,1-4H3. The summed E-state index contributed by atoms with van der Waals surface area (Å²) in [6.45, 7) is 9.28. The maximum Gasteiger partial charge on any atom is 0.158 e. The van der Waals surface area contributed by atoms with E-state index in [4.69, 9.17) is 4.74 Å². The van der Waals surface area contributed by atoms with Crippen molar-refractivity contribution < 1.29 is 9.53 Å². The summed E-state index contributed by atoms with van der Waals surface area (Å²) < 4.78 is 5.55. The molecular weight excluding hydrogens is 212 g/mol. The molecule has 2 nitrogen and oxygen atoms in total. The zero-order valence-electron chi connectivity index (χ0n) is 11.5. The van der Waals surface area contributed by atoms with Crippen molar-refractivity contribution in [2.45, 2.75) is 40.5 Å². The van der Waals surface area contributed by atoms with Gasteiger partial charge in [0.2, 0.25) is 0 Å². The van der Waals surface area contributed by atoms with Crippen LogP contribution in [0.1, 0.15) is 40.5 Å². The molecule has 0 radical (unpaired) electrons. The quantitative estimate of drug-likeness (QED) is 0.659. The molecule has 0 fully saturated rings. The molecule has 1 aliphatic carbocycles. The first-order chi connectivity index (χ1) is 8.00. The fraction of sp³-hybridized carbons (Fsp3) is 0.667. The van der Waals surface area contributed by atoms with E-state index in [1.54, 1.807) is 0 Å². The summed E-state index contributed by atoms with van der Waals surface area (Å²) in [7, 11) is 0. The van der Waals surface area contributed by atoms with Gasteiger partial charge in [0.05, 0.1) is 6.61 Å². The Labute approximate surface area is 105 Å². The van der Waals surface area contributed by atoms with E-state index in [1.165, 1.54) is 11.1 Å². The molecule has 0 N–H and O–H groups in total. The Morgan fingerprint density at radius 3 is 2.47 bits per heavy atom. The molecule has 0 heterocycles. The molecule has 0 spiro atoms. The number of allylic oxidation sites excluding steroid dienone is 2. The van der Waals surface area contributed by atoms with E-state index >= 15 is 0 Å². The second-order valence-corrected chi connectivity index (χ2v) is 5.34. The first kappa shape index (κ1) is 14.2. The predicted octanol–water partition coefficient (Wildman–Crippen LogP) is 3.53. The Morgan fingerprint density at radius 2 is 1.94 bits per heavy atom. The molecule has 0 atom stereocenters. The SMILES string of the molecule is CC1=CCC=C(C)C1COCC(=O)CC(C)C. The van der Waals surface area contributed by atoms with Crippen molar-refractivity contribution >= 4 is 5.78 Å². The molecule has 96 valence electrons. The van der Waals surface area contributed by atoms with Crippen LogP contribution in [0.3, 0.4) is 0 Å². The molecule has 0 aromatic heterocycles. The van der Waals surface area contributed by atoms with Gasteiger partial charge in [-0.15, -0.1) is 0 Å². The van der Waals surface area contributed by atoms with Gasteiger partial charge in [-0.3, -0.25) is 4.79 Å². The number of ether oxygens (including phenoxy) is 1. The van der Waals surface area contributed by atoms with Crippen molar-refractivity contribution in [3.63, 3.8) is 0 Å². The zero-order valence-corrected chi connectivity index (χ0v) is 11.5. The monoisotopic (exact) mass is 236 g/mol. The minimum atomic E-state index is 0.207. The summed E-state index contributed by atoms with van der Waals surface area (Å²) in [5.41, 5.74) is 2.72. The van der Waals surface area contributed by atoms with Gasteiger partial charge in [0.1, 0.15) is 6.61 Å². The molecule has 0 aromatic carbocycles. The van der Waals surface area contributed by atoms with Gasteiger partial charge < -0.3 is 4.74 Å². The minimum Gasteiger partial charge on any atom is -0.373 e. The molecule has 2 heteroatoms. The largest absolute Gasteiger partial charge is 0.373 e. The minimum absolute atomic E-state index is 0.207. The lowest BCUT2D eigenvalue weighted by atomic mass is 9.88. The van der Waals surface area contributed by atoms with Crippen LogP contribution >= 0.6 is 0 Å². The van der Waals surface area contributed by atoms with Crippen LogP contribution in [0, 0.1) is 11.8 Å². The Morgan fingerprint density at radius 1 is 1.35 bits per heavy atom. The lowest BCUT2D eigenvalue weighted by Gasteiger charge is -2.22. The molecule has 0 aliphatic heterocycles. The van der Waals surface area contributed by atoms with Gasteiger partial charge in [-0.1, -0.05) is 37.1 Å². The second-order valence-electron chi connectivity index (χ2n) is 5.34. The van der Waals surface area contributed by atoms with E-state index in [-0.39, 0.29) is 12.4 Å². The first-order valence-electron chi connectivity index (χ1n) is 6.43. The number of rotatable bonds is 6. The smallest absolute Gasteiger partial charge is 0.158 e. The average molecular weight is 236 g/mol. The van der Waals surface area contributed by atoms with Gasteiger partial charge in [-0.2, -0.15) is 0 Å². The van der Waals surface area contributed by atoms with E-state index in [0.29, 0.717) is 24.9 Å². The van der Waals surface area contributed by atoms with Crippen molar-refractivity contribution in [2.75, 3.05) is 13.2 Å². The highest BCUT2D eigenvalue weighted by Crippen LogP contribution is 2.25. The molecule has 0 saturated heterocycles. The summed E-state index contributed by atoms with van der Waals surface area (Å²) in [4.78, 5) is 11.5. The van der Waals surface area contributed by atoms with Crippen LogP contribution in [0.15, 0.2) is 23.3 Å². The van der Waals surface area contributed by atoms with Crippen molar-refractivity contribution in [1.29, 1.82) is 0 Å². The van der Waals surface area contributed by atoms with Gasteiger partial charge in [-0.25, -0.2) is 0 Å². The highest BCUT2D eigenvalue weighted by molar-refractivity contribution is 5.79. The topological polar surface area (TPSA) is 26.3 Å². The Kier molecular flexibility index (Phi) is 5.63.